The highest BCUT2D eigenvalue weighted by Crippen LogP contribution is 2.45. The van der Waals surface area contributed by atoms with E-state index in [9.17, 15) is 0 Å². The van der Waals surface area contributed by atoms with Gasteiger partial charge in [0.25, 0.3) is 0 Å². The highest BCUT2D eigenvalue weighted by Gasteiger charge is 2.39. The van der Waals surface area contributed by atoms with Gasteiger partial charge in [0.2, 0.25) is 0 Å². The molecule has 0 amide bonds. The van der Waals surface area contributed by atoms with Gasteiger partial charge in [-0.05, 0) is 37.2 Å². The van der Waals surface area contributed by atoms with E-state index in [4.69, 9.17) is 11.6 Å². The molecule has 2 fully saturated rings. The van der Waals surface area contributed by atoms with Crippen LogP contribution in [0.25, 0.3) is 0 Å². The van der Waals surface area contributed by atoms with Crippen molar-refractivity contribution in [2.45, 2.75) is 31.7 Å². The van der Waals surface area contributed by atoms with E-state index < -0.39 is 0 Å². The number of pyridine rings is 1. The smallest absolute Gasteiger partial charge is 0.0718 e. The number of anilines is 1. The molecule has 2 aliphatic carbocycles. The molecule has 1 aromatic rings. The molecule has 2 aliphatic rings. The van der Waals surface area contributed by atoms with Crippen molar-refractivity contribution in [3.05, 3.63) is 23.5 Å². The standard InChI is InChI=1S/C12H15ClN2/c13-10-3-4-14-7-12(10)15-11-6-8-1-2-9(11)5-8/h3-4,7-9,11,15H,1-2,5-6H2. The van der Waals surface area contributed by atoms with Gasteiger partial charge in [-0.25, -0.2) is 0 Å². The Hall–Kier alpha value is -0.760. The Morgan fingerprint density at radius 2 is 2.27 bits per heavy atom. The Balaban J connectivity index is 1.73. The molecule has 0 aliphatic heterocycles. The maximum Gasteiger partial charge on any atom is 0.0718 e. The Kier molecular flexibility index (Phi) is 2.32. The number of aromatic nitrogens is 1. The number of nitrogens with zero attached hydrogens (tertiary/aromatic N) is 1. The first kappa shape index (κ1) is 9.46. The van der Waals surface area contributed by atoms with E-state index in [1.54, 1.807) is 6.20 Å². The van der Waals surface area contributed by atoms with Crippen molar-refractivity contribution in [1.29, 1.82) is 0 Å². The third-order valence-electron chi connectivity index (χ3n) is 3.85. The minimum Gasteiger partial charge on any atom is -0.380 e. The van der Waals surface area contributed by atoms with E-state index in [1.165, 1.54) is 25.7 Å². The first-order valence-corrected chi connectivity index (χ1v) is 6.07. The quantitative estimate of drug-likeness (QED) is 0.830. The van der Waals surface area contributed by atoms with E-state index in [2.05, 4.69) is 10.3 Å². The number of halogens is 1. The van der Waals surface area contributed by atoms with Crippen LogP contribution in [0.2, 0.25) is 5.02 Å². The van der Waals surface area contributed by atoms with Crippen LogP contribution in [0.5, 0.6) is 0 Å². The predicted molar refractivity (Wildman–Crippen MR) is 62.1 cm³/mol. The molecule has 2 nitrogen and oxygen atoms in total. The maximum atomic E-state index is 6.10. The fourth-order valence-corrected chi connectivity index (χ4v) is 3.26. The summed E-state index contributed by atoms with van der Waals surface area (Å²) in [5, 5.41) is 4.33. The van der Waals surface area contributed by atoms with Gasteiger partial charge in [-0.2, -0.15) is 0 Å². The highest BCUT2D eigenvalue weighted by molar-refractivity contribution is 6.33. The fraction of sp³-hybridized carbons (Fsp3) is 0.583. The van der Waals surface area contributed by atoms with Crippen molar-refractivity contribution in [2.75, 3.05) is 5.32 Å². The normalized spacial score (nSPS) is 33.3. The third kappa shape index (κ3) is 1.71. The Labute approximate surface area is 95.0 Å². The molecule has 2 saturated carbocycles. The molecule has 0 saturated heterocycles. The van der Waals surface area contributed by atoms with E-state index in [1.807, 2.05) is 12.3 Å². The van der Waals surface area contributed by atoms with E-state index in [0.717, 1.165) is 22.5 Å². The van der Waals surface area contributed by atoms with Gasteiger partial charge >= 0.3 is 0 Å². The lowest BCUT2D eigenvalue weighted by Gasteiger charge is -2.24. The molecule has 0 spiro atoms. The second-order valence-corrected chi connectivity index (χ2v) is 5.19. The monoisotopic (exact) mass is 222 g/mol. The zero-order valence-corrected chi connectivity index (χ0v) is 9.37. The summed E-state index contributed by atoms with van der Waals surface area (Å²) in [5.74, 6) is 1.83. The third-order valence-corrected chi connectivity index (χ3v) is 4.18. The Morgan fingerprint density at radius 1 is 1.33 bits per heavy atom. The summed E-state index contributed by atoms with van der Waals surface area (Å²) >= 11 is 6.10. The summed E-state index contributed by atoms with van der Waals surface area (Å²) in [4.78, 5) is 4.10. The van der Waals surface area contributed by atoms with Crippen LogP contribution < -0.4 is 5.32 Å². The van der Waals surface area contributed by atoms with Gasteiger partial charge in [0, 0.05) is 12.2 Å². The van der Waals surface area contributed by atoms with Crippen LogP contribution >= 0.6 is 11.6 Å². The average Bonchev–Trinajstić information content (AvgIpc) is 2.83. The molecule has 1 heterocycles. The number of hydrogen-bond acceptors (Lipinski definition) is 2. The SMILES string of the molecule is Clc1ccncc1NC1CC2CCC1C2. The minimum absolute atomic E-state index is 0.630. The molecule has 80 valence electrons. The molecule has 0 aromatic carbocycles. The average molecular weight is 223 g/mol. The first-order chi connectivity index (χ1) is 7.33. The van der Waals surface area contributed by atoms with Crippen LogP contribution in [0, 0.1) is 11.8 Å². The summed E-state index contributed by atoms with van der Waals surface area (Å²) in [6.07, 6.45) is 9.11. The van der Waals surface area contributed by atoms with Gasteiger partial charge < -0.3 is 5.32 Å². The lowest BCUT2D eigenvalue weighted by atomic mass is 9.95. The zero-order valence-electron chi connectivity index (χ0n) is 8.62. The van der Waals surface area contributed by atoms with Gasteiger partial charge in [-0.15, -0.1) is 0 Å². The van der Waals surface area contributed by atoms with Crippen molar-refractivity contribution in [1.82, 2.24) is 4.98 Å². The summed E-state index contributed by atoms with van der Waals surface area (Å²) in [5.41, 5.74) is 0.997. The lowest BCUT2D eigenvalue weighted by molar-refractivity contribution is 0.439. The van der Waals surface area contributed by atoms with Crippen LogP contribution in [-0.4, -0.2) is 11.0 Å². The molecule has 1 aromatic heterocycles. The minimum atomic E-state index is 0.630. The number of rotatable bonds is 2. The molecule has 3 heteroatoms. The molecular weight excluding hydrogens is 208 g/mol. The van der Waals surface area contributed by atoms with E-state index in [-0.39, 0.29) is 0 Å². The van der Waals surface area contributed by atoms with Gasteiger partial charge in [0.15, 0.2) is 0 Å². The largest absolute Gasteiger partial charge is 0.380 e. The molecule has 15 heavy (non-hydrogen) atoms. The highest BCUT2D eigenvalue weighted by atomic mass is 35.5. The number of hydrogen-bond donors (Lipinski definition) is 1. The molecule has 3 atom stereocenters. The van der Waals surface area contributed by atoms with Gasteiger partial charge in [-0.3, -0.25) is 4.98 Å². The van der Waals surface area contributed by atoms with Crippen molar-refractivity contribution >= 4 is 17.3 Å². The number of fused-ring (bicyclic) bond motifs is 2. The number of nitrogens with one attached hydrogen (secondary N) is 1. The molecule has 2 bridgehead atoms. The van der Waals surface area contributed by atoms with Crippen molar-refractivity contribution in [3.63, 3.8) is 0 Å². The first-order valence-electron chi connectivity index (χ1n) is 5.69. The summed E-state index contributed by atoms with van der Waals surface area (Å²) in [7, 11) is 0. The van der Waals surface area contributed by atoms with Gasteiger partial charge in [0.05, 0.1) is 16.9 Å². The van der Waals surface area contributed by atoms with Crippen molar-refractivity contribution in [3.8, 4) is 0 Å². The van der Waals surface area contributed by atoms with Crippen LogP contribution in [0.4, 0.5) is 5.69 Å². The molecular formula is C12H15ClN2. The molecule has 3 rings (SSSR count). The fourth-order valence-electron chi connectivity index (χ4n) is 3.10. The molecule has 3 unspecified atom stereocenters. The van der Waals surface area contributed by atoms with E-state index >= 15 is 0 Å². The van der Waals surface area contributed by atoms with Crippen LogP contribution in [0.15, 0.2) is 18.5 Å². The summed E-state index contributed by atoms with van der Waals surface area (Å²) in [6, 6.07) is 2.47. The van der Waals surface area contributed by atoms with E-state index in [0.29, 0.717) is 6.04 Å². The maximum absolute atomic E-state index is 6.10. The van der Waals surface area contributed by atoms with Gasteiger partial charge in [-0.1, -0.05) is 18.0 Å². The zero-order chi connectivity index (χ0) is 10.3. The van der Waals surface area contributed by atoms with Crippen LogP contribution in [0.1, 0.15) is 25.7 Å². The van der Waals surface area contributed by atoms with Crippen LogP contribution in [-0.2, 0) is 0 Å². The topological polar surface area (TPSA) is 24.9 Å². The second kappa shape index (κ2) is 3.67. The molecule has 0 radical (unpaired) electrons. The van der Waals surface area contributed by atoms with Crippen LogP contribution in [0.3, 0.4) is 0 Å². The predicted octanol–water partition coefficient (Wildman–Crippen LogP) is 3.34. The Morgan fingerprint density at radius 3 is 2.93 bits per heavy atom. The lowest BCUT2D eigenvalue weighted by Crippen LogP contribution is -2.25. The van der Waals surface area contributed by atoms with Crippen molar-refractivity contribution < 1.29 is 0 Å². The summed E-state index contributed by atoms with van der Waals surface area (Å²) < 4.78 is 0. The second-order valence-electron chi connectivity index (χ2n) is 4.78. The van der Waals surface area contributed by atoms with Gasteiger partial charge in [0.1, 0.15) is 0 Å². The summed E-state index contributed by atoms with van der Waals surface area (Å²) in [6.45, 7) is 0. The van der Waals surface area contributed by atoms with Crippen molar-refractivity contribution in [2.24, 2.45) is 11.8 Å². The Bertz CT molecular complexity index is 366. The molecule has 1 N–H and O–H groups in total.